The number of thiophene rings is 1. The van der Waals surface area contributed by atoms with Crippen molar-refractivity contribution < 1.29 is 4.74 Å². The summed E-state index contributed by atoms with van der Waals surface area (Å²) in [5, 5.41) is 15.1. The van der Waals surface area contributed by atoms with Crippen LogP contribution in [-0.4, -0.2) is 26.9 Å². The zero-order chi connectivity index (χ0) is 18.9. The van der Waals surface area contributed by atoms with E-state index < -0.39 is 0 Å². The topological polar surface area (TPSA) is 52.8 Å². The summed E-state index contributed by atoms with van der Waals surface area (Å²) in [6, 6.07) is 12.7. The molecule has 0 radical (unpaired) electrons. The van der Waals surface area contributed by atoms with Crippen molar-refractivity contribution in [3.63, 3.8) is 0 Å². The van der Waals surface area contributed by atoms with Crippen molar-refractivity contribution in [1.82, 2.24) is 19.7 Å². The molecule has 3 aromatic heterocycles. The Bertz CT molecular complexity index is 1080. The molecule has 0 saturated heterocycles. The number of thioether (sulfide) groups is 1. The summed E-state index contributed by atoms with van der Waals surface area (Å²) in [4.78, 5) is 5.99. The van der Waals surface area contributed by atoms with Crippen molar-refractivity contribution in [3.8, 4) is 27.0 Å². The van der Waals surface area contributed by atoms with Crippen molar-refractivity contribution in [2.75, 3.05) is 7.11 Å². The molecule has 4 aromatic rings. The highest BCUT2D eigenvalue weighted by atomic mass is 32.2. The van der Waals surface area contributed by atoms with E-state index in [-0.39, 0.29) is 0 Å². The smallest absolute Gasteiger partial charge is 0.192 e. The van der Waals surface area contributed by atoms with E-state index in [1.54, 1.807) is 41.5 Å². The summed E-state index contributed by atoms with van der Waals surface area (Å²) in [5.74, 6) is 2.62. The van der Waals surface area contributed by atoms with Crippen LogP contribution < -0.4 is 4.74 Å². The Kier molecular flexibility index (Phi) is 4.92. The summed E-state index contributed by atoms with van der Waals surface area (Å²) in [7, 11) is 1.69. The fourth-order valence-corrected chi connectivity index (χ4v) is 5.63. The van der Waals surface area contributed by atoms with Crippen LogP contribution in [0.15, 0.2) is 52.3 Å². The van der Waals surface area contributed by atoms with Gasteiger partial charge in [0.25, 0.3) is 0 Å². The van der Waals surface area contributed by atoms with Gasteiger partial charge in [-0.15, -0.1) is 32.9 Å². The maximum absolute atomic E-state index is 5.47. The van der Waals surface area contributed by atoms with Crippen LogP contribution in [0.25, 0.3) is 21.3 Å². The fourth-order valence-electron chi connectivity index (χ4n) is 3.07. The van der Waals surface area contributed by atoms with Crippen LogP contribution in [-0.2, 0) is 5.75 Å². The highest BCUT2D eigenvalue weighted by molar-refractivity contribution is 7.98. The number of methoxy groups -OCH3 is 1. The van der Waals surface area contributed by atoms with Crippen LogP contribution in [0.3, 0.4) is 0 Å². The number of hydrogen-bond donors (Lipinski definition) is 0. The van der Waals surface area contributed by atoms with E-state index >= 15 is 0 Å². The predicted octanol–water partition coefficient (Wildman–Crippen LogP) is 5.77. The van der Waals surface area contributed by atoms with Gasteiger partial charge < -0.3 is 4.74 Å². The second-order valence-electron chi connectivity index (χ2n) is 6.52. The first-order valence-corrected chi connectivity index (χ1v) is 11.8. The molecule has 1 aliphatic rings. The Morgan fingerprint density at radius 2 is 2.04 bits per heavy atom. The second kappa shape index (κ2) is 7.69. The van der Waals surface area contributed by atoms with Crippen molar-refractivity contribution >= 4 is 34.4 Å². The Morgan fingerprint density at radius 1 is 1.14 bits per heavy atom. The van der Waals surface area contributed by atoms with Gasteiger partial charge in [0.1, 0.15) is 10.8 Å². The zero-order valence-corrected chi connectivity index (χ0v) is 17.7. The van der Waals surface area contributed by atoms with Gasteiger partial charge in [0, 0.05) is 17.2 Å². The summed E-state index contributed by atoms with van der Waals surface area (Å²) >= 11 is 5.07. The van der Waals surface area contributed by atoms with E-state index in [4.69, 9.17) is 9.72 Å². The van der Waals surface area contributed by atoms with Crippen LogP contribution >= 0.6 is 34.4 Å². The summed E-state index contributed by atoms with van der Waals surface area (Å²) in [5.41, 5.74) is 2.09. The number of hydrogen-bond acceptors (Lipinski definition) is 7. The Balaban J connectivity index is 1.36. The monoisotopic (exact) mass is 426 g/mol. The third-order valence-electron chi connectivity index (χ3n) is 4.56. The number of rotatable bonds is 7. The van der Waals surface area contributed by atoms with Gasteiger partial charge in [0.05, 0.1) is 23.2 Å². The number of nitrogens with zero attached hydrogens (tertiary/aromatic N) is 4. The molecule has 1 fully saturated rings. The van der Waals surface area contributed by atoms with Gasteiger partial charge in [-0.05, 0) is 36.4 Å². The summed E-state index contributed by atoms with van der Waals surface area (Å²) in [6.07, 6.45) is 2.41. The first-order valence-electron chi connectivity index (χ1n) is 9.03. The average molecular weight is 427 g/mol. The Hall–Kier alpha value is -2.16. The molecule has 3 heterocycles. The lowest BCUT2D eigenvalue weighted by atomic mass is 10.2. The van der Waals surface area contributed by atoms with Crippen LogP contribution in [0.4, 0.5) is 0 Å². The standard InChI is InChI=1S/C20H18N4OS3/c1-25-16-6-3-2-5-15(16)19-21-13(11-27-19)12-28-20-23-22-18(17-7-4-10-26-17)24(20)14-8-9-14/h2-7,10-11,14H,8-9,12H2,1H3. The SMILES string of the molecule is COc1ccccc1-c1nc(CSc2nnc(-c3cccs3)n2C2CC2)cs1. The maximum atomic E-state index is 5.47. The van der Waals surface area contributed by atoms with Crippen molar-refractivity contribution in [2.24, 2.45) is 0 Å². The zero-order valence-electron chi connectivity index (χ0n) is 15.2. The van der Waals surface area contributed by atoms with Crippen LogP contribution in [0.2, 0.25) is 0 Å². The van der Waals surface area contributed by atoms with E-state index in [2.05, 4.69) is 37.7 Å². The molecule has 1 aromatic carbocycles. The maximum Gasteiger partial charge on any atom is 0.192 e. The molecular formula is C20H18N4OS3. The van der Waals surface area contributed by atoms with Crippen molar-refractivity contribution in [2.45, 2.75) is 29.8 Å². The molecule has 5 rings (SSSR count). The minimum Gasteiger partial charge on any atom is -0.496 e. The number of thiazole rings is 1. The fraction of sp³-hybridized carbons (Fsp3) is 0.250. The van der Waals surface area contributed by atoms with Crippen LogP contribution in [0, 0.1) is 0 Å². The molecule has 5 nitrogen and oxygen atoms in total. The number of aromatic nitrogens is 4. The first-order chi connectivity index (χ1) is 13.8. The highest BCUT2D eigenvalue weighted by Gasteiger charge is 2.30. The molecule has 142 valence electrons. The van der Waals surface area contributed by atoms with Crippen molar-refractivity contribution in [3.05, 3.63) is 52.9 Å². The molecule has 8 heteroatoms. The lowest BCUT2D eigenvalue weighted by Gasteiger charge is -2.07. The third-order valence-corrected chi connectivity index (χ3v) is 7.32. The van der Waals surface area contributed by atoms with Gasteiger partial charge in [0.2, 0.25) is 0 Å². The number of ether oxygens (including phenoxy) is 1. The molecule has 0 amide bonds. The molecule has 0 spiro atoms. The van der Waals surface area contributed by atoms with E-state index in [9.17, 15) is 0 Å². The molecule has 0 atom stereocenters. The van der Waals surface area contributed by atoms with Crippen molar-refractivity contribution in [1.29, 1.82) is 0 Å². The largest absolute Gasteiger partial charge is 0.496 e. The van der Waals surface area contributed by atoms with E-state index in [1.165, 1.54) is 17.7 Å². The lowest BCUT2D eigenvalue weighted by molar-refractivity contribution is 0.416. The number of para-hydroxylation sites is 1. The van der Waals surface area contributed by atoms with Gasteiger partial charge in [0.15, 0.2) is 11.0 Å². The van der Waals surface area contributed by atoms with Gasteiger partial charge in [-0.3, -0.25) is 4.57 Å². The summed E-state index contributed by atoms with van der Waals surface area (Å²) < 4.78 is 7.78. The summed E-state index contributed by atoms with van der Waals surface area (Å²) in [6.45, 7) is 0. The average Bonchev–Trinajstić information content (AvgIpc) is 3.15. The Labute approximate surface area is 175 Å². The lowest BCUT2D eigenvalue weighted by Crippen LogP contribution is -1.99. The van der Waals surface area contributed by atoms with Gasteiger partial charge in [-0.1, -0.05) is 30.0 Å². The molecule has 0 N–H and O–H groups in total. The molecule has 0 bridgehead atoms. The Morgan fingerprint density at radius 3 is 2.82 bits per heavy atom. The van der Waals surface area contributed by atoms with Gasteiger partial charge in [-0.2, -0.15) is 0 Å². The highest BCUT2D eigenvalue weighted by Crippen LogP contribution is 2.42. The predicted molar refractivity (Wildman–Crippen MR) is 115 cm³/mol. The molecule has 28 heavy (non-hydrogen) atoms. The minimum atomic E-state index is 0.536. The van der Waals surface area contributed by atoms with Gasteiger partial charge in [-0.25, -0.2) is 4.98 Å². The molecule has 1 aliphatic carbocycles. The normalized spacial score (nSPS) is 13.8. The van der Waals surface area contributed by atoms with E-state index in [0.29, 0.717) is 6.04 Å². The molecule has 0 aliphatic heterocycles. The number of benzene rings is 1. The van der Waals surface area contributed by atoms with E-state index in [0.717, 1.165) is 38.7 Å². The minimum absolute atomic E-state index is 0.536. The molecule has 1 saturated carbocycles. The van der Waals surface area contributed by atoms with Crippen LogP contribution in [0.5, 0.6) is 5.75 Å². The molecular weight excluding hydrogens is 408 g/mol. The second-order valence-corrected chi connectivity index (χ2v) is 9.27. The van der Waals surface area contributed by atoms with E-state index in [1.807, 2.05) is 24.3 Å². The molecule has 0 unspecified atom stereocenters. The quantitative estimate of drug-likeness (QED) is 0.351. The van der Waals surface area contributed by atoms with Crippen LogP contribution in [0.1, 0.15) is 24.6 Å². The third kappa shape index (κ3) is 3.47. The first kappa shape index (κ1) is 17.9. The van der Waals surface area contributed by atoms with Gasteiger partial charge >= 0.3 is 0 Å².